The summed E-state index contributed by atoms with van der Waals surface area (Å²) >= 11 is 1.39. The number of methoxy groups -OCH3 is 1. The van der Waals surface area contributed by atoms with Crippen LogP contribution in [-0.2, 0) is 14.8 Å². The van der Waals surface area contributed by atoms with Crippen LogP contribution in [0, 0.1) is 0 Å². The molecule has 0 spiro atoms. The van der Waals surface area contributed by atoms with E-state index in [9.17, 15) is 13.2 Å². The van der Waals surface area contributed by atoms with Crippen molar-refractivity contribution in [3.63, 3.8) is 0 Å². The molecule has 0 aromatic heterocycles. The molecule has 0 fully saturated rings. The van der Waals surface area contributed by atoms with Gasteiger partial charge in [0.05, 0.1) is 12.0 Å². The molecule has 2 N–H and O–H groups in total. The Morgan fingerprint density at radius 2 is 1.34 bits per heavy atom. The molecule has 0 heterocycles. The first-order chi connectivity index (χ1) is 16.9. The van der Waals surface area contributed by atoms with Crippen molar-refractivity contribution in [1.29, 1.82) is 0 Å². The summed E-state index contributed by atoms with van der Waals surface area (Å²) in [6.07, 6.45) is 0. The fourth-order valence-electron chi connectivity index (χ4n) is 3.33. The third-order valence-corrected chi connectivity index (χ3v) is 7.78. The number of hydrogen-bond donors (Lipinski definition) is 2. The summed E-state index contributed by atoms with van der Waals surface area (Å²) in [6.45, 7) is 0. The van der Waals surface area contributed by atoms with Crippen LogP contribution in [-0.4, -0.2) is 21.4 Å². The molecule has 4 rings (SSSR count). The number of sulfonamides is 1. The first-order valence-electron chi connectivity index (χ1n) is 10.8. The summed E-state index contributed by atoms with van der Waals surface area (Å²) in [6, 6.07) is 31.8. The van der Waals surface area contributed by atoms with Gasteiger partial charge in [-0.25, -0.2) is 8.42 Å². The number of thioether (sulfide) groups is 1. The number of ether oxygens (including phenoxy) is 1. The second kappa shape index (κ2) is 11.1. The van der Waals surface area contributed by atoms with E-state index in [1.54, 1.807) is 86.0 Å². The fraction of sp³-hybridized carbons (Fsp3) is 0.0741. The molecule has 0 aliphatic heterocycles. The lowest BCUT2D eigenvalue weighted by Crippen LogP contribution is -2.19. The molecule has 8 heteroatoms. The lowest BCUT2D eigenvalue weighted by molar-refractivity contribution is -0.115. The SMILES string of the molecule is COc1ccc(NC(=O)C(Sc2ccc(NS(=O)(=O)c3ccccc3)cc2)c2ccccc2)cc1. The van der Waals surface area contributed by atoms with Gasteiger partial charge in [0.2, 0.25) is 5.91 Å². The minimum Gasteiger partial charge on any atom is -0.497 e. The van der Waals surface area contributed by atoms with Gasteiger partial charge in [-0.1, -0.05) is 48.5 Å². The summed E-state index contributed by atoms with van der Waals surface area (Å²) in [5.41, 5.74) is 1.97. The summed E-state index contributed by atoms with van der Waals surface area (Å²) in [4.78, 5) is 14.2. The molecule has 6 nitrogen and oxygen atoms in total. The average molecular weight is 505 g/mol. The minimum atomic E-state index is -3.68. The van der Waals surface area contributed by atoms with E-state index >= 15 is 0 Å². The maximum atomic E-state index is 13.2. The highest BCUT2D eigenvalue weighted by Gasteiger charge is 2.22. The van der Waals surface area contributed by atoms with E-state index < -0.39 is 15.3 Å². The van der Waals surface area contributed by atoms with Crippen LogP contribution in [0.25, 0.3) is 0 Å². The third-order valence-electron chi connectivity index (χ3n) is 5.11. The Bertz CT molecular complexity index is 1360. The Labute approximate surface area is 209 Å². The third kappa shape index (κ3) is 6.44. The first kappa shape index (κ1) is 24.4. The molecular formula is C27H24N2O4S2. The molecule has 1 unspecified atom stereocenters. The van der Waals surface area contributed by atoms with Gasteiger partial charge in [0.1, 0.15) is 11.0 Å². The van der Waals surface area contributed by atoms with Crippen molar-refractivity contribution in [1.82, 2.24) is 0 Å². The maximum Gasteiger partial charge on any atom is 0.261 e. The van der Waals surface area contributed by atoms with Crippen LogP contribution >= 0.6 is 11.8 Å². The first-order valence-corrected chi connectivity index (χ1v) is 13.2. The van der Waals surface area contributed by atoms with E-state index in [0.29, 0.717) is 17.1 Å². The van der Waals surface area contributed by atoms with Crippen molar-refractivity contribution in [3.05, 3.63) is 115 Å². The van der Waals surface area contributed by atoms with Crippen molar-refractivity contribution < 1.29 is 17.9 Å². The number of anilines is 2. The van der Waals surface area contributed by atoms with Crippen LogP contribution in [0.2, 0.25) is 0 Å². The van der Waals surface area contributed by atoms with Gasteiger partial charge in [0.15, 0.2) is 0 Å². The molecular weight excluding hydrogens is 480 g/mol. The van der Waals surface area contributed by atoms with Gasteiger partial charge in [-0.3, -0.25) is 9.52 Å². The standard InChI is InChI=1S/C27H24N2O4S2/c1-33-23-16-12-21(13-17-23)28-27(30)26(20-8-4-2-5-9-20)34-24-18-14-22(15-19-24)29-35(31,32)25-10-6-3-7-11-25/h2-19,26,29H,1H3,(H,28,30). The van der Waals surface area contributed by atoms with Gasteiger partial charge in [-0.2, -0.15) is 0 Å². The van der Waals surface area contributed by atoms with Crippen LogP contribution in [0.1, 0.15) is 10.8 Å². The monoisotopic (exact) mass is 504 g/mol. The van der Waals surface area contributed by atoms with Crippen LogP contribution < -0.4 is 14.8 Å². The van der Waals surface area contributed by atoms with Crippen molar-refractivity contribution in [2.75, 3.05) is 17.1 Å². The van der Waals surface area contributed by atoms with Crippen molar-refractivity contribution in [2.24, 2.45) is 0 Å². The number of benzene rings is 4. The Kier molecular flexibility index (Phi) is 7.74. The van der Waals surface area contributed by atoms with Gasteiger partial charge in [-0.05, 0) is 66.2 Å². The molecule has 35 heavy (non-hydrogen) atoms. The van der Waals surface area contributed by atoms with Gasteiger partial charge in [-0.15, -0.1) is 11.8 Å². The van der Waals surface area contributed by atoms with Crippen LogP contribution in [0.5, 0.6) is 5.75 Å². The Balaban J connectivity index is 1.50. The van der Waals surface area contributed by atoms with E-state index in [2.05, 4.69) is 10.0 Å². The fourth-order valence-corrected chi connectivity index (χ4v) is 5.44. The largest absolute Gasteiger partial charge is 0.497 e. The lowest BCUT2D eigenvalue weighted by atomic mass is 10.1. The molecule has 4 aromatic carbocycles. The Morgan fingerprint density at radius 1 is 0.771 bits per heavy atom. The highest BCUT2D eigenvalue weighted by atomic mass is 32.2. The second-order valence-corrected chi connectivity index (χ2v) is 10.4. The van der Waals surface area contributed by atoms with Crippen LogP contribution in [0.15, 0.2) is 119 Å². The quantitative estimate of drug-likeness (QED) is 0.275. The molecule has 0 aliphatic rings. The normalized spacial score (nSPS) is 11.9. The topological polar surface area (TPSA) is 84.5 Å². The molecule has 0 saturated carbocycles. The van der Waals surface area contributed by atoms with Crippen molar-refractivity contribution in [3.8, 4) is 5.75 Å². The zero-order chi connectivity index (χ0) is 24.7. The number of hydrogen-bond acceptors (Lipinski definition) is 5. The van der Waals surface area contributed by atoms with Gasteiger partial charge < -0.3 is 10.1 Å². The molecule has 178 valence electrons. The highest BCUT2D eigenvalue weighted by molar-refractivity contribution is 8.00. The van der Waals surface area contributed by atoms with E-state index in [-0.39, 0.29) is 10.8 Å². The van der Waals surface area contributed by atoms with E-state index in [1.165, 1.54) is 11.8 Å². The highest BCUT2D eigenvalue weighted by Crippen LogP contribution is 2.37. The number of rotatable bonds is 9. The summed E-state index contributed by atoms with van der Waals surface area (Å²) in [7, 11) is -2.08. The van der Waals surface area contributed by atoms with E-state index in [0.717, 1.165) is 10.5 Å². The summed E-state index contributed by atoms with van der Waals surface area (Å²) in [5, 5.41) is 2.46. The van der Waals surface area contributed by atoms with Gasteiger partial charge in [0, 0.05) is 16.3 Å². The lowest BCUT2D eigenvalue weighted by Gasteiger charge is -2.17. The number of nitrogens with one attached hydrogen (secondary N) is 2. The van der Waals surface area contributed by atoms with Gasteiger partial charge in [0.25, 0.3) is 10.0 Å². The summed E-state index contributed by atoms with van der Waals surface area (Å²) < 4.78 is 32.9. The number of carbonyl (C=O) groups excluding carboxylic acids is 1. The Morgan fingerprint density at radius 3 is 1.94 bits per heavy atom. The number of amides is 1. The molecule has 0 aliphatic carbocycles. The molecule has 4 aromatic rings. The zero-order valence-electron chi connectivity index (χ0n) is 18.9. The number of carbonyl (C=O) groups is 1. The minimum absolute atomic E-state index is 0.166. The molecule has 1 atom stereocenters. The molecule has 0 bridgehead atoms. The van der Waals surface area contributed by atoms with Crippen LogP contribution in [0.3, 0.4) is 0 Å². The average Bonchev–Trinajstić information content (AvgIpc) is 2.89. The second-order valence-electron chi connectivity index (χ2n) is 7.57. The van der Waals surface area contributed by atoms with E-state index in [4.69, 9.17) is 4.74 Å². The van der Waals surface area contributed by atoms with Crippen LogP contribution in [0.4, 0.5) is 11.4 Å². The molecule has 1 amide bonds. The van der Waals surface area contributed by atoms with Crippen molar-refractivity contribution >= 4 is 39.1 Å². The predicted molar refractivity (Wildman–Crippen MR) is 140 cm³/mol. The molecule has 0 radical (unpaired) electrons. The smallest absolute Gasteiger partial charge is 0.261 e. The maximum absolute atomic E-state index is 13.2. The Hall–Kier alpha value is -3.75. The van der Waals surface area contributed by atoms with E-state index in [1.807, 2.05) is 30.3 Å². The zero-order valence-corrected chi connectivity index (χ0v) is 20.6. The van der Waals surface area contributed by atoms with Crippen molar-refractivity contribution in [2.45, 2.75) is 15.0 Å². The van der Waals surface area contributed by atoms with Gasteiger partial charge >= 0.3 is 0 Å². The molecule has 0 saturated heterocycles. The summed E-state index contributed by atoms with van der Waals surface area (Å²) in [5.74, 6) is 0.542. The predicted octanol–water partition coefficient (Wildman–Crippen LogP) is 5.97.